The molecule has 1 saturated heterocycles. The van der Waals surface area contributed by atoms with Gasteiger partial charge in [0.1, 0.15) is 5.00 Å². The second-order valence-electron chi connectivity index (χ2n) is 9.00. The number of ketones is 1. The van der Waals surface area contributed by atoms with E-state index in [1.165, 1.54) is 0 Å². The molecule has 2 aliphatic heterocycles. The molecule has 0 unspecified atom stereocenters. The number of anilines is 2. The van der Waals surface area contributed by atoms with Gasteiger partial charge in [0, 0.05) is 24.2 Å². The number of alkyl halides is 3. The largest absolute Gasteiger partial charge is 0.443 e. The van der Waals surface area contributed by atoms with Crippen molar-refractivity contribution >= 4 is 33.8 Å². The highest BCUT2D eigenvalue weighted by molar-refractivity contribution is 7.16. The molecule has 4 aromatic rings. The molecule has 2 aliphatic rings. The summed E-state index contributed by atoms with van der Waals surface area (Å²) in [6.07, 6.45) is -4.94. The monoisotopic (exact) mass is 554 g/mol. The van der Waals surface area contributed by atoms with Crippen LogP contribution in [0.25, 0.3) is 11.6 Å². The van der Waals surface area contributed by atoms with Crippen LogP contribution in [0.2, 0.25) is 0 Å². The van der Waals surface area contributed by atoms with Gasteiger partial charge in [-0.2, -0.15) is 13.2 Å². The van der Waals surface area contributed by atoms with Gasteiger partial charge in [0.25, 0.3) is 5.89 Å². The fourth-order valence-corrected chi connectivity index (χ4v) is 5.31. The minimum absolute atomic E-state index is 0.118. The summed E-state index contributed by atoms with van der Waals surface area (Å²) in [5, 5.41) is 12.9. The van der Waals surface area contributed by atoms with Crippen molar-refractivity contribution in [2.24, 2.45) is 4.99 Å². The standard InChI is InChI=1S/C26H21F3N6O3S/c27-26(28,29)24-32-20(23(39-24)30-16-10-11-37-13-16)22-34-35-25(38-22)33-21-18(36)12-15-8-4-5-9-17(15)19(31-21)14-6-2-1-3-7-14/h1-9,16,21,30H,10-13H2,(H,33,35)/t16-,21-/m1/s1. The molecule has 4 heterocycles. The molecule has 2 N–H and O–H groups in total. The van der Waals surface area contributed by atoms with E-state index in [9.17, 15) is 18.0 Å². The van der Waals surface area contributed by atoms with Crippen LogP contribution >= 0.6 is 11.3 Å². The van der Waals surface area contributed by atoms with Gasteiger partial charge in [-0.15, -0.1) is 5.10 Å². The molecule has 2 atom stereocenters. The molecular formula is C26H21F3N6O3S. The molecular weight excluding hydrogens is 533 g/mol. The average Bonchev–Trinajstić information content (AvgIpc) is 3.67. The lowest BCUT2D eigenvalue weighted by molar-refractivity contribution is -0.137. The van der Waals surface area contributed by atoms with Crippen LogP contribution in [0.4, 0.5) is 24.2 Å². The number of hydrogen-bond donors (Lipinski definition) is 2. The first-order valence-electron chi connectivity index (χ1n) is 12.1. The fourth-order valence-electron chi connectivity index (χ4n) is 4.41. The van der Waals surface area contributed by atoms with E-state index in [-0.39, 0.29) is 40.8 Å². The number of carbonyl (C=O) groups excluding carboxylic acids is 1. The average molecular weight is 555 g/mol. The molecule has 2 aromatic heterocycles. The summed E-state index contributed by atoms with van der Waals surface area (Å²) in [5.41, 5.74) is 2.99. The van der Waals surface area contributed by atoms with Crippen molar-refractivity contribution in [1.82, 2.24) is 15.2 Å². The van der Waals surface area contributed by atoms with Gasteiger partial charge < -0.3 is 19.8 Å². The van der Waals surface area contributed by atoms with Crippen LogP contribution in [-0.2, 0) is 22.1 Å². The van der Waals surface area contributed by atoms with Gasteiger partial charge in [-0.05, 0) is 12.0 Å². The number of rotatable bonds is 6. The number of nitrogens with zero attached hydrogens (tertiary/aromatic N) is 4. The number of carbonyl (C=O) groups is 1. The van der Waals surface area contributed by atoms with E-state index >= 15 is 0 Å². The molecule has 9 nitrogen and oxygen atoms in total. The Kier molecular flexibility index (Phi) is 6.61. The zero-order valence-electron chi connectivity index (χ0n) is 20.2. The lowest BCUT2D eigenvalue weighted by Crippen LogP contribution is -2.29. The zero-order valence-corrected chi connectivity index (χ0v) is 21.1. The highest BCUT2D eigenvalue weighted by Gasteiger charge is 2.38. The molecule has 200 valence electrons. The first-order valence-corrected chi connectivity index (χ1v) is 12.9. The molecule has 0 aliphatic carbocycles. The topological polar surface area (TPSA) is 115 Å². The molecule has 39 heavy (non-hydrogen) atoms. The maximum absolute atomic E-state index is 13.5. The first kappa shape index (κ1) is 25.2. The second-order valence-corrected chi connectivity index (χ2v) is 10.0. The van der Waals surface area contributed by atoms with Crippen molar-refractivity contribution < 1.29 is 27.1 Å². The van der Waals surface area contributed by atoms with Crippen LogP contribution in [0.1, 0.15) is 28.1 Å². The van der Waals surface area contributed by atoms with Crippen molar-refractivity contribution in [3.63, 3.8) is 0 Å². The Morgan fingerprint density at radius 2 is 1.79 bits per heavy atom. The van der Waals surface area contributed by atoms with E-state index < -0.39 is 17.3 Å². The van der Waals surface area contributed by atoms with Crippen molar-refractivity contribution in [2.45, 2.75) is 31.2 Å². The summed E-state index contributed by atoms with van der Waals surface area (Å²) in [6, 6.07) is 16.7. The molecule has 0 bridgehead atoms. The molecule has 0 amide bonds. The van der Waals surface area contributed by atoms with Gasteiger partial charge in [0.2, 0.25) is 5.01 Å². The number of aromatic nitrogens is 3. The van der Waals surface area contributed by atoms with E-state index in [1.54, 1.807) is 0 Å². The van der Waals surface area contributed by atoms with Gasteiger partial charge in [-0.3, -0.25) is 9.79 Å². The smallest absolute Gasteiger partial charge is 0.402 e. The summed E-state index contributed by atoms with van der Waals surface area (Å²) >= 11 is 0.460. The number of Topliss-reactive ketones (excluding diaryl/α,β-unsaturated/α-hetero) is 1. The normalized spacial score (nSPS) is 19.4. The molecule has 1 fully saturated rings. The van der Waals surface area contributed by atoms with Crippen molar-refractivity contribution in [3.8, 4) is 11.6 Å². The lowest BCUT2D eigenvalue weighted by atomic mass is 9.96. The third kappa shape index (κ3) is 5.27. The Labute approximate surface area is 224 Å². The Bertz CT molecular complexity index is 1530. The van der Waals surface area contributed by atoms with Crippen LogP contribution < -0.4 is 10.6 Å². The maximum Gasteiger partial charge on any atom is 0.443 e. The second kappa shape index (κ2) is 10.2. The van der Waals surface area contributed by atoms with E-state index in [0.29, 0.717) is 36.7 Å². The van der Waals surface area contributed by atoms with Crippen LogP contribution in [0.3, 0.4) is 0 Å². The lowest BCUT2D eigenvalue weighted by Gasteiger charge is -2.12. The first-order chi connectivity index (χ1) is 18.8. The minimum Gasteiger partial charge on any atom is -0.402 e. The number of benzene rings is 2. The summed E-state index contributed by atoms with van der Waals surface area (Å²) in [4.78, 5) is 21.6. The molecule has 6 rings (SSSR count). The molecule has 2 aromatic carbocycles. The molecule has 0 spiro atoms. The number of aliphatic imine (C=N–C) groups is 1. The Morgan fingerprint density at radius 1 is 1.00 bits per heavy atom. The number of thiazole rings is 1. The van der Waals surface area contributed by atoms with E-state index in [1.807, 2.05) is 54.6 Å². The number of hydrogen-bond acceptors (Lipinski definition) is 10. The van der Waals surface area contributed by atoms with Crippen LogP contribution in [0.5, 0.6) is 0 Å². The predicted octanol–water partition coefficient (Wildman–Crippen LogP) is 4.81. The van der Waals surface area contributed by atoms with Crippen LogP contribution in [-0.4, -0.2) is 52.1 Å². The van der Waals surface area contributed by atoms with Crippen LogP contribution in [0.15, 0.2) is 64.0 Å². The Balaban J connectivity index is 1.31. The Morgan fingerprint density at radius 3 is 2.56 bits per heavy atom. The molecule has 13 heteroatoms. The summed E-state index contributed by atoms with van der Waals surface area (Å²) in [7, 11) is 0. The number of halogens is 3. The summed E-state index contributed by atoms with van der Waals surface area (Å²) in [6.45, 7) is 0.876. The third-order valence-electron chi connectivity index (χ3n) is 6.27. The van der Waals surface area contributed by atoms with Gasteiger partial charge in [-0.1, -0.05) is 71.0 Å². The minimum atomic E-state index is -4.64. The van der Waals surface area contributed by atoms with Crippen molar-refractivity contribution in [3.05, 3.63) is 76.3 Å². The van der Waals surface area contributed by atoms with Gasteiger partial charge in [0.15, 0.2) is 17.6 Å². The highest BCUT2D eigenvalue weighted by Crippen LogP contribution is 2.41. The predicted molar refractivity (Wildman–Crippen MR) is 138 cm³/mol. The van der Waals surface area contributed by atoms with Gasteiger partial charge >= 0.3 is 12.2 Å². The number of fused-ring (bicyclic) bond motifs is 1. The molecule has 0 radical (unpaired) electrons. The fraction of sp³-hybridized carbons (Fsp3) is 0.269. The van der Waals surface area contributed by atoms with E-state index in [2.05, 4.69) is 25.8 Å². The number of ether oxygens (including phenoxy) is 1. The highest BCUT2D eigenvalue weighted by atomic mass is 32.1. The molecule has 0 saturated carbocycles. The third-order valence-corrected chi connectivity index (χ3v) is 7.30. The zero-order chi connectivity index (χ0) is 27.0. The van der Waals surface area contributed by atoms with E-state index in [4.69, 9.17) is 14.1 Å². The van der Waals surface area contributed by atoms with Gasteiger partial charge in [0.05, 0.1) is 18.4 Å². The SMILES string of the molecule is O=C1Cc2ccccc2C(c2ccccc2)=N[C@@H]1Nc1nnc(-c2nc(C(F)(F)F)sc2N[C@@H]2CCOC2)o1. The quantitative estimate of drug-likeness (QED) is 0.349. The van der Waals surface area contributed by atoms with Crippen molar-refractivity contribution in [2.75, 3.05) is 23.8 Å². The summed E-state index contributed by atoms with van der Waals surface area (Å²) in [5.74, 6) is -0.452. The van der Waals surface area contributed by atoms with Crippen molar-refractivity contribution in [1.29, 1.82) is 0 Å². The maximum atomic E-state index is 13.5. The van der Waals surface area contributed by atoms with Crippen LogP contribution in [0, 0.1) is 0 Å². The Hall–Kier alpha value is -4.10. The summed E-state index contributed by atoms with van der Waals surface area (Å²) < 4.78 is 51.4. The number of nitrogens with one attached hydrogen (secondary N) is 2. The van der Waals surface area contributed by atoms with Gasteiger partial charge in [-0.25, -0.2) is 4.98 Å². The van der Waals surface area contributed by atoms with E-state index in [0.717, 1.165) is 16.7 Å².